The number of amides is 1. The number of carbonyl (C=O) groups is 1. The van der Waals surface area contributed by atoms with E-state index in [1.807, 2.05) is 34.5 Å². The fourth-order valence-corrected chi connectivity index (χ4v) is 3.69. The molecule has 1 aliphatic rings. The summed E-state index contributed by atoms with van der Waals surface area (Å²) < 4.78 is 0. The van der Waals surface area contributed by atoms with Crippen LogP contribution < -0.4 is 0 Å². The Morgan fingerprint density at radius 1 is 1.24 bits per heavy atom. The van der Waals surface area contributed by atoms with Crippen LogP contribution in [-0.2, 0) is 0 Å². The summed E-state index contributed by atoms with van der Waals surface area (Å²) in [7, 11) is 4.17. The van der Waals surface area contributed by atoms with Gasteiger partial charge in [0.1, 0.15) is 0 Å². The molecule has 1 unspecified atom stereocenters. The highest BCUT2D eigenvalue weighted by atomic mass is 32.1. The van der Waals surface area contributed by atoms with Crippen LogP contribution in [0.4, 0.5) is 0 Å². The molecule has 1 atom stereocenters. The van der Waals surface area contributed by atoms with Crippen molar-refractivity contribution in [3.63, 3.8) is 0 Å². The number of hydrogen-bond acceptors (Lipinski definition) is 3. The van der Waals surface area contributed by atoms with Crippen LogP contribution in [0, 0.1) is 0 Å². The first-order valence-electron chi connectivity index (χ1n) is 7.25. The first-order chi connectivity index (χ1) is 10.2. The minimum atomic E-state index is 0.174. The summed E-state index contributed by atoms with van der Waals surface area (Å²) in [6, 6.07) is 12.7. The Morgan fingerprint density at radius 2 is 2.00 bits per heavy atom. The largest absolute Gasteiger partial charge is 0.336 e. The van der Waals surface area contributed by atoms with E-state index in [2.05, 4.69) is 31.1 Å². The van der Waals surface area contributed by atoms with Gasteiger partial charge in [-0.15, -0.1) is 11.3 Å². The summed E-state index contributed by atoms with van der Waals surface area (Å²) >= 11 is 1.54. The van der Waals surface area contributed by atoms with Gasteiger partial charge in [-0.1, -0.05) is 30.3 Å². The summed E-state index contributed by atoms with van der Waals surface area (Å²) in [5, 5.41) is 2.01. The highest BCUT2D eigenvalue weighted by Crippen LogP contribution is 2.30. The molecule has 110 valence electrons. The highest BCUT2D eigenvalue weighted by molar-refractivity contribution is 7.12. The third-order valence-corrected chi connectivity index (χ3v) is 5.03. The maximum atomic E-state index is 12.8. The molecule has 2 aromatic rings. The van der Waals surface area contributed by atoms with Crippen molar-refractivity contribution in [2.45, 2.75) is 12.5 Å². The van der Waals surface area contributed by atoms with Crippen LogP contribution in [0.15, 0.2) is 41.8 Å². The molecular weight excluding hydrogens is 280 g/mol. The maximum absolute atomic E-state index is 12.8. The van der Waals surface area contributed by atoms with E-state index in [-0.39, 0.29) is 5.91 Å². The molecule has 3 rings (SSSR count). The molecule has 0 aliphatic carbocycles. The van der Waals surface area contributed by atoms with Crippen molar-refractivity contribution in [3.8, 4) is 11.1 Å². The van der Waals surface area contributed by atoms with Gasteiger partial charge in [-0.3, -0.25) is 4.79 Å². The Hall–Kier alpha value is -1.65. The molecule has 0 saturated carbocycles. The summed E-state index contributed by atoms with van der Waals surface area (Å²) in [5.41, 5.74) is 2.17. The summed E-state index contributed by atoms with van der Waals surface area (Å²) in [4.78, 5) is 17.8. The number of hydrogen-bond donors (Lipinski definition) is 0. The van der Waals surface area contributed by atoms with E-state index in [0.717, 1.165) is 35.5 Å². The third kappa shape index (κ3) is 2.87. The van der Waals surface area contributed by atoms with E-state index in [1.54, 1.807) is 11.3 Å². The lowest BCUT2D eigenvalue weighted by molar-refractivity contribution is 0.0788. The van der Waals surface area contributed by atoms with Gasteiger partial charge >= 0.3 is 0 Å². The number of benzene rings is 1. The second-order valence-electron chi connectivity index (χ2n) is 5.69. The third-order valence-electron chi connectivity index (χ3n) is 4.13. The molecule has 4 heteroatoms. The van der Waals surface area contributed by atoms with Gasteiger partial charge in [0, 0.05) is 24.7 Å². The number of thiophene rings is 1. The monoisotopic (exact) mass is 300 g/mol. The zero-order valence-corrected chi connectivity index (χ0v) is 13.3. The minimum Gasteiger partial charge on any atom is -0.336 e. The van der Waals surface area contributed by atoms with Crippen LogP contribution in [0.2, 0.25) is 0 Å². The fourth-order valence-electron chi connectivity index (χ4n) is 2.81. The standard InChI is InChI=1S/C17H20N2OS/c1-18(2)14-8-10-19(12-14)17(20)16-15(9-11-21-16)13-6-4-3-5-7-13/h3-7,9,11,14H,8,10,12H2,1-2H3. The Kier molecular flexibility index (Phi) is 4.08. The molecule has 0 radical (unpaired) electrons. The summed E-state index contributed by atoms with van der Waals surface area (Å²) in [5.74, 6) is 0.174. The first-order valence-corrected chi connectivity index (χ1v) is 8.13. The summed E-state index contributed by atoms with van der Waals surface area (Å²) in [6.07, 6.45) is 1.06. The van der Waals surface area contributed by atoms with Gasteiger partial charge in [-0.2, -0.15) is 0 Å². The molecule has 1 aromatic carbocycles. The normalized spacial score (nSPS) is 18.4. The van der Waals surface area contributed by atoms with Gasteiger partial charge in [-0.05, 0) is 37.5 Å². The molecule has 1 aromatic heterocycles. The Labute approximate surface area is 129 Å². The second kappa shape index (κ2) is 6.00. The van der Waals surface area contributed by atoms with Crippen LogP contribution in [-0.4, -0.2) is 48.9 Å². The first kappa shape index (κ1) is 14.3. The topological polar surface area (TPSA) is 23.6 Å². The Morgan fingerprint density at radius 3 is 2.67 bits per heavy atom. The van der Waals surface area contributed by atoms with E-state index < -0.39 is 0 Å². The van der Waals surface area contributed by atoms with E-state index >= 15 is 0 Å². The predicted molar refractivity (Wildman–Crippen MR) is 87.8 cm³/mol. The summed E-state index contributed by atoms with van der Waals surface area (Å²) in [6.45, 7) is 1.69. The predicted octanol–water partition coefficient (Wildman–Crippen LogP) is 3.19. The van der Waals surface area contributed by atoms with Gasteiger partial charge in [0.25, 0.3) is 5.91 Å². The van der Waals surface area contributed by atoms with Crippen LogP contribution in [0.1, 0.15) is 16.1 Å². The van der Waals surface area contributed by atoms with Crippen LogP contribution >= 0.6 is 11.3 Å². The van der Waals surface area contributed by atoms with E-state index in [4.69, 9.17) is 0 Å². The highest BCUT2D eigenvalue weighted by Gasteiger charge is 2.29. The molecule has 1 amide bonds. The van der Waals surface area contributed by atoms with Crippen molar-refractivity contribution in [3.05, 3.63) is 46.7 Å². The number of nitrogens with zero attached hydrogens (tertiary/aromatic N) is 2. The zero-order valence-electron chi connectivity index (χ0n) is 12.5. The van der Waals surface area contributed by atoms with Gasteiger partial charge in [0.05, 0.1) is 4.88 Å². The molecule has 1 fully saturated rings. The van der Waals surface area contributed by atoms with Gasteiger partial charge < -0.3 is 9.80 Å². The minimum absolute atomic E-state index is 0.174. The fraction of sp³-hybridized carbons (Fsp3) is 0.353. The van der Waals surface area contributed by atoms with Gasteiger partial charge in [-0.25, -0.2) is 0 Å². The second-order valence-corrected chi connectivity index (χ2v) is 6.60. The molecule has 1 saturated heterocycles. The van der Waals surface area contributed by atoms with Crippen molar-refractivity contribution >= 4 is 17.2 Å². The quantitative estimate of drug-likeness (QED) is 0.869. The number of carbonyl (C=O) groups excluding carboxylic acids is 1. The Bertz CT molecular complexity index is 621. The molecule has 2 heterocycles. The van der Waals surface area contributed by atoms with Gasteiger partial charge in [0.15, 0.2) is 0 Å². The van der Waals surface area contributed by atoms with Crippen LogP contribution in [0.25, 0.3) is 11.1 Å². The van der Waals surface area contributed by atoms with Crippen molar-refractivity contribution in [2.75, 3.05) is 27.2 Å². The molecular formula is C17H20N2OS. The molecule has 1 aliphatic heterocycles. The van der Waals surface area contributed by atoms with Gasteiger partial charge in [0.2, 0.25) is 0 Å². The van der Waals surface area contributed by atoms with E-state index in [9.17, 15) is 4.79 Å². The SMILES string of the molecule is CN(C)C1CCN(C(=O)c2sccc2-c2ccccc2)C1. The van der Waals surface area contributed by atoms with E-state index in [0.29, 0.717) is 6.04 Å². The average Bonchev–Trinajstić information content (AvgIpc) is 3.17. The smallest absolute Gasteiger partial charge is 0.264 e. The number of likely N-dealkylation sites (N-methyl/N-ethyl adjacent to an activating group) is 1. The van der Waals surface area contributed by atoms with Crippen LogP contribution in [0.5, 0.6) is 0 Å². The lowest BCUT2D eigenvalue weighted by Gasteiger charge is -2.20. The maximum Gasteiger partial charge on any atom is 0.264 e. The van der Waals surface area contributed by atoms with Crippen molar-refractivity contribution < 1.29 is 4.79 Å². The van der Waals surface area contributed by atoms with E-state index in [1.165, 1.54) is 0 Å². The molecule has 0 spiro atoms. The van der Waals surface area contributed by atoms with Crippen LogP contribution in [0.3, 0.4) is 0 Å². The Balaban J connectivity index is 1.82. The number of rotatable bonds is 3. The average molecular weight is 300 g/mol. The molecule has 0 bridgehead atoms. The molecule has 3 nitrogen and oxygen atoms in total. The lowest BCUT2D eigenvalue weighted by Crippen LogP contribution is -2.34. The zero-order chi connectivity index (χ0) is 14.8. The van der Waals surface area contributed by atoms with Crippen molar-refractivity contribution in [2.24, 2.45) is 0 Å². The number of likely N-dealkylation sites (tertiary alicyclic amines) is 1. The van der Waals surface area contributed by atoms with Crippen molar-refractivity contribution in [1.29, 1.82) is 0 Å². The lowest BCUT2D eigenvalue weighted by atomic mass is 10.1. The molecule has 0 N–H and O–H groups in total. The molecule has 21 heavy (non-hydrogen) atoms. The van der Waals surface area contributed by atoms with Crippen molar-refractivity contribution in [1.82, 2.24) is 9.80 Å².